The summed E-state index contributed by atoms with van der Waals surface area (Å²) in [6.07, 6.45) is 0.932. The molecule has 1 aromatic heterocycles. The molecule has 3 aromatic rings. The molecule has 0 aliphatic carbocycles. The van der Waals surface area contributed by atoms with Crippen molar-refractivity contribution >= 4 is 40.3 Å². The molecule has 25 heavy (non-hydrogen) atoms. The molecule has 0 aliphatic rings. The maximum Gasteiger partial charge on any atom is 0.230 e. The minimum atomic E-state index is 0.0307. The number of hydrogen-bond acceptors (Lipinski definition) is 3. The van der Waals surface area contributed by atoms with Crippen LogP contribution in [0.2, 0.25) is 5.02 Å². The molecule has 1 amide bonds. The third-order valence-electron chi connectivity index (χ3n) is 3.76. The van der Waals surface area contributed by atoms with E-state index >= 15 is 0 Å². The van der Waals surface area contributed by atoms with Gasteiger partial charge in [0, 0.05) is 11.6 Å². The third-order valence-corrected chi connectivity index (χ3v) is 4.97. The Morgan fingerprint density at radius 1 is 1.24 bits per heavy atom. The molecule has 0 aliphatic heterocycles. The van der Waals surface area contributed by atoms with Crippen molar-refractivity contribution in [3.05, 3.63) is 59.1 Å². The molecule has 3 rings (SSSR count). The smallest absolute Gasteiger partial charge is 0.230 e. The summed E-state index contributed by atoms with van der Waals surface area (Å²) in [7, 11) is 0. The van der Waals surface area contributed by atoms with E-state index in [2.05, 4.69) is 27.0 Å². The fraction of sp³-hybridized carbons (Fsp3) is 0.263. The van der Waals surface area contributed by atoms with Gasteiger partial charge in [-0.1, -0.05) is 60.6 Å². The van der Waals surface area contributed by atoms with Crippen molar-refractivity contribution in [2.75, 3.05) is 12.3 Å². The van der Waals surface area contributed by atoms with Crippen molar-refractivity contribution < 1.29 is 4.79 Å². The Kier molecular flexibility index (Phi) is 6.00. The molecular formula is C19H20ClN3OS. The molecule has 0 saturated heterocycles. The van der Waals surface area contributed by atoms with Gasteiger partial charge in [-0.05, 0) is 30.2 Å². The number of nitrogens with zero attached hydrogens (tertiary/aromatic N) is 2. The lowest BCUT2D eigenvalue weighted by Gasteiger charge is -2.09. The first-order chi connectivity index (χ1) is 12.2. The van der Waals surface area contributed by atoms with Gasteiger partial charge in [0.05, 0.1) is 23.3 Å². The van der Waals surface area contributed by atoms with Gasteiger partial charge in [-0.2, -0.15) is 0 Å². The Balaban J connectivity index is 1.87. The number of nitrogens with one attached hydrogen (secondary N) is 1. The van der Waals surface area contributed by atoms with Gasteiger partial charge in [-0.15, -0.1) is 0 Å². The van der Waals surface area contributed by atoms with Gasteiger partial charge >= 0.3 is 0 Å². The average molecular weight is 374 g/mol. The molecule has 0 spiro atoms. The second-order valence-electron chi connectivity index (χ2n) is 5.74. The molecule has 0 atom stereocenters. The molecule has 0 unspecified atom stereocenters. The SMILES string of the molecule is CCCNC(=O)CSc1nc2cc(Cl)ccc2n1Cc1ccccc1. The zero-order chi connectivity index (χ0) is 17.6. The Morgan fingerprint density at radius 3 is 2.80 bits per heavy atom. The van der Waals surface area contributed by atoms with E-state index in [0.717, 1.165) is 22.6 Å². The van der Waals surface area contributed by atoms with Crippen LogP contribution in [-0.4, -0.2) is 27.8 Å². The van der Waals surface area contributed by atoms with Gasteiger partial charge in [0.2, 0.25) is 5.91 Å². The fourth-order valence-corrected chi connectivity index (χ4v) is 3.57. The van der Waals surface area contributed by atoms with E-state index in [1.54, 1.807) is 0 Å². The molecule has 0 saturated carbocycles. The lowest BCUT2D eigenvalue weighted by molar-refractivity contribution is -0.118. The van der Waals surface area contributed by atoms with Crippen molar-refractivity contribution in [1.29, 1.82) is 0 Å². The quantitative estimate of drug-likeness (QED) is 0.626. The second kappa shape index (κ2) is 8.41. The summed E-state index contributed by atoms with van der Waals surface area (Å²) < 4.78 is 2.14. The molecule has 130 valence electrons. The van der Waals surface area contributed by atoms with E-state index in [0.29, 0.717) is 23.9 Å². The number of carbonyl (C=O) groups excluding carboxylic acids is 1. The van der Waals surface area contributed by atoms with Crippen molar-refractivity contribution in [2.45, 2.75) is 25.0 Å². The van der Waals surface area contributed by atoms with Crippen LogP contribution in [-0.2, 0) is 11.3 Å². The number of amides is 1. The predicted octanol–water partition coefficient (Wildman–Crippen LogP) is 4.36. The molecule has 0 bridgehead atoms. The Bertz CT molecular complexity index is 864. The second-order valence-corrected chi connectivity index (χ2v) is 7.12. The van der Waals surface area contributed by atoms with Gasteiger partial charge in [0.25, 0.3) is 0 Å². The summed E-state index contributed by atoms with van der Waals surface area (Å²) in [5, 5.41) is 4.38. The number of imidazole rings is 1. The van der Waals surface area contributed by atoms with Crippen molar-refractivity contribution in [3.63, 3.8) is 0 Å². The van der Waals surface area contributed by atoms with Crippen LogP contribution in [0.4, 0.5) is 0 Å². The highest BCUT2D eigenvalue weighted by Crippen LogP contribution is 2.27. The highest BCUT2D eigenvalue weighted by atomic mass is 35.5. The monoisotopic (exact) mass is 373 g/mol. The molecule has 4 nitrogen and oxygen atoms in total. The Labute approximate surface area is 156 Å². The van der Waals surface area contributed by atoms with Gasteiger partial charge in [0.15, 0.2) is 5.16 Å². The van der Waals surface area contributed by atoms with E-state index in [1.165, 1.54) is 17.3 Å². The molecule has 0 radical (unpaired) electrons. The predicted molar refractivity (Wildman–Crippen MR) is 104 cm³/mol. The summed E-state index contributed by atoms with van der Waals surface area (Å²) in [5.74, 6) is 0.384. The number of rotatable bonds is 7. The van der Waals surface area contributed by atoms with Crippen LogP contribution in [0.25, 0.3) is 11.0 Å². The van der Waals surface area contributed by atoms with Gasteiger partial charge in [-0.3, -0.25) is 4.79 Å². The number of carbonyl (C=O) groups is 1. The first-order valence-electron chi connectivity index (χ1n) is 8.26. The molecule has 1 heterocycles. The average Bonchev–Trinajstić information content (AvgIpc) is 2.95. The lowest BCUT2D eigenvalue weighted by atomic mass is 10.2. The van der Waals surface area contributed by atoms with E-state index in [1.807, 2.05) is 43.3 Å². The summed E-state index contributed by atoms with van der Waals surface area (Å²) in [6.45, 7) is 3.45. The molecule has 2 aromatic carbocycles. The van der Waals surface area contributed by atoms with Crippen LogP contribution >= 0.6 is 23.4 Å². The topological polar surface area (TPSA) is 46.9 Å². The van der Waals surface area contributed by atoms with Crippen molar-refractivity contribution in [2.24, 2.45) is 0 Å². The number of benzene rings is 2. The first kappa shape index (κ1) is 17.8. The maximum absolute atomic E-state index is 11.9. The van der Waals surface area contributed by atoms with E-state index in [9.17, 15) is 4.79 Å². The molecular weight excluding hydrogens is 354 g/mol. The Morgan fingerprint density at radius 2 is 2.04 bits per heavy atom. The first-order valence-corrected chi connectivity index (χ1v) is 9.63. The number of hydrogen-bond donors (Lipinski definition) is 1. The zero-order valence-electron chi connectivity index (χ0n) is 14.0. The van der Waals surface area contributed by atoms with Crippen LogP contribution in [0, 0.1) is 0 Å². The summed E-state index contributed by atoms with van der Waals surface area (Å²) in [4.78, 5) is 16.6. The minimum Gasteiger partial charge on any atom is -0.355 e. The normalized spacial score (nSPS) is 11.0. The highest BCUT2D eigenvalue weighted by Gasteiger charge is 2.13. The van der Waals surface area contributed by atoms with Gasteiger partial charge in [0.1, 0.15) is 0 Å². The van der Waals surface area contributed by atoms with Gasteiger partial charge in [-0.25, -0.2) is 4.98 Å². The third kappa shape index (κ3) is 4.55. The van der Waals surface area contributed by atoms with Crippen LogP contribution in [0.1, 0.15) is 18.9 Å². The molecule has 0 fully saturated rings. The summed E-state index contributed by atoms with van der Waals surface area (Å²) in [5.41, 5.74) is 3.05. The summed E-state index contributed by atoms with van der Waals surface area (Å²) in [6, 6.07) is 15.9. The maximum atomic E-state index is 11.9. The number of thioether (sulfide) groups is 1. The van der Waals surface area contributed by atoms with E-state index in [4.69, 9.17) is 11.6 Å². The van der Waals surface area contributed by atoms with Crippen LogP contribution in [0.15, 0.2) is 53.7 Å². The van der Waals surface area contributed by atoms with Crippen LogP contribution in [0.5, 0.6) is 0 Å². The standard InChI is InChI=1S/C19H20ClN3OS/c1-2-10-21-18(24)13-25-19-22-16-11-15(20)8-9-17(16)23(19)12-14-6-4-3-5-7-14/h3-9,11H,2,10,12-13H2,1H3,(H,21,24). The lowest BCUT2D eigenvalue weighted by Crippen LogP contribution is -2.25. The van der Waals surface area contributed by atoms with Gasteiger partial charge < -0.3 is 9.88 Å². The van der Waals surface area contributed by atoms with Crippen LogP contribution in [0.3, 0.4) is 0 Å². The fourth-order valence-electron chi connectivity index (χ4n) is 2.56. The molecule has 1 N–H and O–H groups in total. The van der Waals surface area contributed by atoms with Crippen LogP contribution < -0.4 is 5.32 Å². The largest absolute Gasteiger partial charge is 0.355 e. The van der Waals surface area contributed by atoms with Crippen molar-refractivity contribution in [1.82, 2.24) is 14.9 Å². The van der Waals surface area contributed by atoms with E-state index in [-0.39, 0.29) is 5.91 Å². The molecule has 6 heteroatoms. The summed E-state index contributed by atoms with van der Waals surface area (Å²) >= 11 is 7.56. The Hall–Kier alpha value is -1.98. The number of halogens is 1. The van der Waals surface area contributed by atoms with E-state index < -0.39 is 0 Å². The number of aromatic nitrogens is 2. The highest BCUT2D eigenvalue weighted by molar-refractivity contribution is 7.99. The zero-order valence-corrected chi connectivity index (χ0v) is 15.6. The number of fused-ring (bicyclic) bond motifs is 1. The minimum absolute atomic E-state index is 0.0307. The van der Waals surface area contributed by atoms with Crippen molar-refractivity contribution in [3.8, 4) is 0 Å².